The molecule has 0 saturated heterocycles. The third-order valence-corrected chi connectivity index (χ3v) is 2.27. The number of methoxy groups -OCH3 is 1. The molecule has 0 saturated carbocycles. The van der Waals surface area contributed by atoms with Crippen LogP contribution in [0.3, 0.4) is 0 Å². The van der Waals surface area contributed by atoms with Crippen molar-refractivity contribution < 1.29 is 9.53 Å². The maximum atomic E-state index is 11.4. The van der Waals surface area contributed by atoms with Gasteiger partial charge in [-0.05, 0) is 37.6 Å². The number of hydrogen-bond acceptors (Lipinski definition) is 2. The van der Waals surface area contributed by atoms with E-state index in [0.717, 1.165) is 11.3 Å². The largest absolute Gasteiger partial charge is 0.497 e. The maximum Gasteiger partial charge on any atom is 0.244 e. The molecule has 0 fully saturated rings. The number of hydrogen-bond donors (Lipinski definition) is 1. The van der Waals surface area contributed by atoms with Gasteiger partial charge in [0.25, 0.3) is 0 Å². The number of allylic oxidation sites excluding steroid dienone is 1. The summed E-state index contributed by atoms with van der Waals surface area (Å²) in [7, 11) is 1.63. The van der Waals surface area contributed by atoms with Gasteiger partial charge >= 0.3 is 0 Å². The van der Waals surface area contributed by atoms with Gasteiger partial charge < -0.3 is 10.1 Å². The van der Waals surface area contributed by atoms with Crippen LogP contribution < -0.4 is 10.1 Å². The van der Waals surface area contributed by atoms with Crippen molar-refractivity contribution >= 4 is 5.91 Å². The quantitative estimate of drug-likeness (QED) is 0.790. The van der Waals surface area contributed by atoms with Crippen LogP contribution in [0.4, 0.5) is 0 Å². The fraction of sp³-hybridized carbons (Fsp3) is 0.308. The third kappa shape index (κ3) is 3.42. The Balaban J connectivity index is 2.72. The summed E-state index contributed by atoms with van der Waals surface area (Å²) in [4.78, 5) is 11.4. The minimum Gasteiger partial charge on any atom is -0.497 e. The Kier molecular flexibility index (Phi) is 4.58. The second-order valence-electron chi connectivity index (χ2n) is 3.51. The summed E-state index contributed by atoms with van der Waals surface area (Å²) in [5, 5.41) is 2.87. The summed E-state index contributed by atoms with van der Waals surface area (Å²) in [5.74, 6) is 0.711. The Labute approximate surface area is 96.1 Å². The van der Waals surface area contributed by atoms with Crippen LogP contribution in [0, 0.1) is 0 Å². The number of benzene rings is 1. The molecule has 0 aromatic heterocycles. The maximum absolute atomic E-state index is 11.4. The summed E-state index contributed by atoms with van der Waals surface area (Å²) in [6, 6.07) is 7.64. The molecule has 1 rings (SSSR count). The molecule has 0 heterocycles. The topological polar surface area (TPSA) is 38.3 Å². The lowest BCUT2D eigenvalue weighted by molar-refractivity contribution is -0.117. The van der Waals surface area contributed by atoms with E-state index in [1.165, 1.54) is 6.08 Å². The fourth-order valence-corrected chi connectivity index (χ4v) is 1.41. The molecule has 16 heavy (non-hydrogen) atoms. The van der Waals surface area contributed by atoms with Gasteiger partial charge in [-0.25, -0.2) is 0 Å². The predicted molar refractivity (Wildman–Crippen MR) is 64.4 cm³/mol. The smallest absolute Gasteiger partial charge is 0.244 e. The van der Waals surface area contributed by atoms with E-state index in [0.29, 0.717) is 0 Å². The lowest BCUT2D eigenvalue weighted by atomic mass is 10.1. The highest BCUT2D eigenvalue weighted by Crippen LogP contribution is 2.18. The highest BCUT2D eigenvalue weighted by Gasteiger charge is 2.07. The zero-order valence-corrected chi connectivity index (χ0v) is 9.86. The summed E-state index contributed by atoms with van der Waals surface area (Å²) >= 11 is 0. The van der Waals surface area contributed by atoms with E-state index in [2.05, 4.69) is 5.32 Å². The Morgan fingerprint density at radius 1 is 1.50 bits per heavy atom. The van der Waals surface area contributed by atoms with E-state index in [1.807, 2.05) is 38.1 Å². The zero-order chi connectivity index (χ0) is 12.0. The Hall–Kier alpha value is -1.77. The van der Waals surface area contributed by atoms with Gasteiger partial charge in [-0.15, -0.1) is 0 Å². The first-order chi connectivity index (χ1) is 7.67. The second-order valence-corrected chi connectivity index (χ2v) is 3.51. The van der Waals surface area contributed by atoms with E-state index >= 15 is 0 Å². The van der Waals surface area contributed by atoms with E-state index in [9.17, 15) is 4.79 Å². The molecule has 0 aliphatic heterocycles. The second kappa shape index (κ2) is 5.95. The van der Waals surface area contributed by atoms with Crippen LogP contribution >= 0.6 is 0 Å². The van der Waals surface area contributed by atoms with Crippen LogP contribution in [0.1, 0.15) is 25.5 Å². The number of ether oxygens (including phenoxy) is 1. The van der Waals surface area contributed by atoms with Crippen molar-refractivity contribution in [1.82, 2.24) is 5.32 Å². The first-order valence-corrected chi connectivity index (χ1v) is 5.24. The number of nitrogens with one attached hydrogen (secondary N) is 1. The third-order valence-electron chi connectivity index (χ3n) is 2.27. The normalized spacial score (nSPS) is 12.4. The summed E-state index contributed by atoms with van der Waals surface area (Å²) < 4.78 is 5.13. The number of carbonyl (C=O) groups is 1. The molecule has 3 heteroatoms. The SMILES string of the molecule is CC=CC(=O)NC(C)c1cccc(OC)c1. The van der Waals surface area contributed by atoms with Gasteiger partial charge in [0.1, 0.15) is 5.75 Å². The van der Waals surface area contributed by atoms with Crippen molar-refractivity contribution in [2.45, 2.75) is 19.9 Å². The van der Waals surface area contributed by atoms with Crippen molar-refractivity contribution in [1.29, 1.82) is 0 Å². The molecule has 0 spiro atoms. The molecule has 0 aliphatic rings. The predicted octanol–water partition coefficient (Wildman–Crippen LogP) is 2.45. The molecule has 0 aliphatic carbocycles. The molecule has 1 atom stereocenters. The highest BCUT2D eigenvalue weighted by molar-refractivity contribution is 5.87. The summed E-state index contributed by atoms with van der Waals surface area (Å²) in [6.07, 6.45) is 3.23. The number of amides is 1. The van der Waals surface area contributed by atoms with Crippen LogP contribution in [0.2, 0.25) is 0 Å². The minimum absolute atomic E-state index is 0.0289. The lowest BCUT2D eigenvalue weighted by Crippen LogP contribution is -2.24. The van der Waals surface area contributed by atoms with Gasteiger partial charge in [-0.2, -0.15) is 0 Å². The highest BCUT2D eigenvalue weighted by atomic mass is 16.5. The van der Waals surface area contributed by atoms with E-state index < -0.39 is 0 Å². The van der Waals surface area contributed by atoms with Gasteiger partial charge in [0.15, 0.2) is 0 Å². The molecule has 86 valence electrons. The molecular weight excluding hydrogens is 202 g/mol. The molecule has 1 aromatic carbocycles. The van der Waals surface area contributed by atoms with Crippen molar-refractivity contribution in [2.24, 2.45) is 0 Å². The monoisotopic (exact) mass is 219 g/mol. The van der Waals surface area contributed by atoms with Gasteiger partial charge in [0, 0.05) is 0 Å². The minimum atomic E-state index is -0.0854. The van der Waals surface area contributed by atoms with E-state index in [-0.39, 0.29) is 11.9 Å². The summed E-state index contributed by atoms with van der Waals surface area (Å²) in [5.41, 5.74) is 1.03. The lowest BCUT2D eigenvalue weighted by Gasteiger charge is -2.13. The van der Waals surface area contributed by atoms with Crippen LogP contribution in [0.15, 0.2) is 36.4 Å². The van der Waals surface area contributed by atoms with Crippen molar-refractivity contribution in [3.63, 3.8) is 0 Å². The Morgan fingerprint density at radius 2 is 2.25 bits per heavy atom. The summed E-state index contributed by atoms with van der Waals surface area (Å²) in [6.45, 7) is 3.76. The van der Waals surface area contributed by atoms with Gasteiger partial charge in [-0.1, -0.05) is 18.2 Å². The van der Waals surface area contributed by atoms with Crippen molar-refractivity contribution in [2.75, 3.05) is 7.11 Å². The van der Waals surface area contributed by atoms with Crippen LogP contribution in [-0.2, 0) is 4.79 Å². The average Bonchev–Trinajstić information content (AvgIpc) is 2.29. The van der Waals surface area contributed by atoms with Crippen molar-refractivity contribution in [3.05, 3.63) is 42.0 Å². The molecular formula is C13H17NO2. The van der Waals surface area contributed by atoms with Gasteiger partial charge in [-0.3, -0.25) is 4.79 Å². The van der Waals surface area contributed by atoms with Gasteiger partial charge in [0.2, 0.25) is 5.91 Å². The zero-order valence-electron chi connectivity index (χ0n) is 9.86. The van der Waals surface area contributed by atoms with Crippen molar-refractivity contribution in [3.8, 4) is 5.75 Å². The Bertz CT molecular complexity index is 385. The molecule has 1 N–H and O–H groups in total. The Morgan fingerprint density at radius 3 is 2.88 bits per heavy atom. The number of rotatable bonds is 4. The van der Waals surface area contributed by atoms with E-state index in [4.69, 9.17) is 4.74 Å². The molecule has 1 amide bonds. The van der Waals surface area contributed by atoms with Crippen LogP contribution in [0.5, 0.6) is 5.75 Å². The fourth-order valence-electron chi connectivity index (χ4n) is 1.41. The standard InChI is InChI=1S/C13H17NO2/c1-4-6-13(15)14-10(2)11-7-5-8-12(9-11)16-3/h4-10H,1-3H3,(H,14,15). The van der Waals surface area contributed by atoms with E-state index in [1.54, 1.807) is 13.2 Å². The number of carbonyl (C=O) groups excluding carboxylic acids is 1. The molecule has 1 aromatic rings. The first-order valence-electron chi connectivity index (χ1n) is 5.24. The molecule has 0 bridgehead atoms. The molecule has 3 nitrogen and oxygen atoms in total. The van der Waals surface area contributed by atoms with Gasteiger partial charge in [0.05, 0.1) is 13.2 Å². The molecule has 1 unspecified atom stereocenters. The first kappa shape index (κ1) is 12.3. The van der Waals surface area contributed by atoms with Crippen LogP contribution in [-0.4, -0.2) is 13.0 Å². The molecule has 0 radical (unpaired) electrons. The van der Waals surface area contributed by atoms with Crippen LogP contribution in [0.25, 0.3) is 0 Å². The average molecular weight is 219 g/mol.